The molecule has 0 spiro atoms. The van der Waals surface area contributed by atoms with Gasteiger partial charge in [-0.2, -0.15) is 0 Å². The zero-order chi connectivity index (χ0) is 15.7. The van der Waals surface area contributed by atoms with Crippen LogP contribution in [0, 0.1) is 0 Å². The molecular weight excluding hydrogens is 282 g/mol. The van der Waals surface area contributed by atoms with Gasteiger partial charge in [0.15, 0.2) is 0 Å². The summed E-state index contributed by atoms with van der Waals surface area (Å²) in [7, 11) is 0. The van der Waals surface area contributed by atoms with Gasteiger partial charge in [-0.25, -0.2) is 4.98 Å². The quantitative estimate of drug-likeness (QED) is 0.831. The van der Waals surface area contributed by atoms with E-state index in [1.165, 1.54) is 10.8 Å². The standard InChI is InChI=1S/C16H19N3O3/c1-11-8-18(9-12(2)22-11)16(21)10-19-14-6-4-3-5-13(14)17-7-15(19)20/h3-7,11-12H,8-10H2,1-2H3. The SMILES string of the molecule is CC1CN(C(=O)Cn2c(=O)cnc3ccccc32)CC(C)O1. The maximum Gasteiger partial charge on any atom is 0.269 e. The van der Waals surface area contributed by atoms with E-state index in [4.69, 9.17) is 4.74 Å². The summed E-state index contributed by atoms with van der Waals surface area (Å²) in [6.07, 6.45) is 1.29. The second-order valence-electron chi connectivity index (χ2n) is 5.73. The molecule has 6 heteroatoms. The number of carbonyl (C=O) groups is 1. The zero-order valence-corrected chi connectivity index (χ0v) is 12.7. The highest BCUT2D eigenvalue weighted by molar-refractivity contribution is 5.80. The van der Waals surface area contributed by atoms with Crippen LogP contribution in [0.5, 0.6) is 0 Å². The van der Waals surface area contributed by atoms with Crippen molar-refractivity contribution in [3.8, 4) is 0 Å². The van der Waals surface area contributed by atoms with Crippen LogP contribution < -0.4 is 5.56 Å². The average molecular weight is 301 g/mol. The van der Waals surface area contributed by atoms with Gasteiger partial charge in [0, 0.05) is 13.1 Å². The molecule has 0 aliphatic carbocycles. The number of hydrogen-bond donors (Lipinski definition) is 0. The lowest BCUT2D eigenvalue weighted by molar-refractivity contribution is -0.143. The van der Waals surface area contributed by atoms with E-state index in [1.807, 2.05) is 38.1 Å². The minimum Gasteiger partial charge on any atom is -0.372 e. The van der Waals surface area contributed by atoms with E-state index in [0.717, 1.165) is 0 Å². The average Bonchev–Trinajstić information content (AvgIpc) is 2.49. The predicted molar refractivity (Wildman–Crippen MR) is 82.6 cm³/mol. The Labute approximate surface area is 128 Å². The fourth-order valence-corrected chi connectivity index (χ4v) is 2.89. The lowest BCUT2D eigenvalue weighted by atomic mass is 10.2. The van der Waals surface area contributed by atoms with Crippen LogP contribution in [0.25, 0.3) is 11.0 Å². The number of carbonyl (C=O) groups excluding carboxylic acids is 1. The van der Waals surface area contributed by atoms with Crippen LogP contribution in [0.15, 0.2) is 35.3 Å². The van der Waals surface area contributed by atoms with Crippen molar-refractivity contribution in [2.75, 3.05) is 13.1 Å². The Bertz CT molecular complexity index is 746. The molecule has 2 atom stereocenters. The Balaban J connectivity index is 1.88. The molecule has 1 fully saturated rings. The molecule has 2 heterocycles. The van der Waals surface area contributed by atoms with Crippen molar-refractivity contribution in [3.63, 3.8) is 0 Å². The highest BCUT2D eigenvalue weighted by Gasteiger charge is 2.26. The molecule has 0 radical (unpaired) electrons. The Morgan fingerprint density at radius 2 is 1.95 bits per heavy atom. The van der Waals surface area contributed by atoms with Crippen molar-refractivity contribution in [1.82, 2.24) is 14.5 Å². The fourth-order valence-electron chi connectivity index (χ4n) is 2.89. The highest BCUT2D eigenvalue weighted by atomic mass is 16.5. The predicted octanol–water partition coefficient (Wildman–Crippen LogP) is 1.03. The van der Waals surface area contributed by atoms with E-state index in [-0.39, 0.29) is 30.2 Å². The van der Waals surface area contributed by atoms with Crippen LogP contribution in [-0.2, 0) is 16.1 Å². The molecule has 1 aliphatic heterocycles. The minimum absolute atomic E-state index is 0.0126. The number of nitrogens with zero attached hydrogens (tertiary/aromatic N) is 3. The summed E-state index contributed by atoms with van der Waals surface area (Å²) >= 11 is 0. The number of amides is 1. The van der Waals surface area contributed by atoms with Crippen molar-refractivity contribution in [3.05, 3.63) is 40.8 Å². The molecule has 1 amide bonds. The molecule has 1 aromatic carbocycles. The molecule has 1 saturated heterocycles. The zero-order valence-electron chi connectivity index (χ0n) is 12.7. The smallest absolute Gasteiger partial charge is 0.269 e. The van der Waals surface area contributed by atoms with Crippen LogP contribution in [0.1, 0.15) is 13.8 Å². The molecule has 2 unspecified atom stereocenters. The monoisotopic (exact) mass is 301 g/mol. The van der Waals surface area contributed by atoms with E-state index in [0.29, 0.717) is 24.1 Å². The van der Waals surface area contributed by atoms with Crippen LogP contribution in [0.2, 0.25) is 0 Å². The minimum atomic E-state index is -0.263. The van der Waals surface area contributed by atoms with Gasteiger partial charge in [0.25, 0.3) is 5.56 Å². The maximum atomic E-state index is 12.5. The van der Waals surface area contributed by atoms with Crippen molar-refractivity contribution in [2.45, 2.75) is 32.6 Å². The van der Waals surface area contributed by atoms with Crippen LogP contribution >= 0.6 is 0 Å². The van der Waals surface area contributed by atoms with Crippen molar-refractivity contribution in [1.29, 1.82) is 0 Å². The molecule has 3 rings (SSSR count). The summed E-state index contributed by atoms with van der Waals surface area (Å²) in [5.41, 5.74) is 1.12. The molecule has 0 saturated carbocycles. The van der Waals surface area contributed by atoms with Gasteiger partial charge in [0.1, 0.15) is 6.54 Å². The molecule has 22 heavy (non-hydrogen) atoms. The summed E-state index contributed by atoms with van der Waals surface area (Å²) in [6, 6.07) is 7.33. The second-order valence-corrected chi connectivity index (χ2v) is 5.73. The van der Waals surface area contributed by atoms with Crippen LogP contribution in [0.3, 0.4) is 0 Å². The van der Waals surface area contributed by atoms with Gasteiger partial charge in [0.2, 0.25) is 5.91 Å². The van der Waals surface area contributed by atoms with E-state index < -0.39 is 0 Å². The molecule has 116 valence electrons. The highest BCUT2D eigenvalue weighted by Crippen LogP contribution is 2.13. The normalized spacial score (nSPS) is 22.0. The number of fused-ring (bicyclic) bond motifs is 1. The molecule has 1 aliphatic rings. The van der Waals surface area contributed by atoms with E-state index >= 15 is 0 Å². The van der Waals surface area contributed by atoms with E-state index in [9.17, 15) is 9.59 Å². The fraction of sp³-hybridized carbons (Fsp3) is 0.438. The van der Waals surface area contributed by atoms with Gasteiger partial charge >= 0.3 is 0 Å². The van der Waals surface area contributed by atoms with Crippen LogP contribution in [-0.4, -0.2) is 45.7 Å². The van der Waals surface area contributed by atoms with Gasteiger partial charge in [-0.3, -0.25) is 14.2 Å². The maximum absolute atomic E-state index is 12.5. The molecule has 2 aromatic rings. The number of rotatable bonds is 2. The summed E-state index contributed by atoms with van der Waals surface area (Å²) in [6.45, 7) is 5.04. The summed E-state index contributed by atoms with van der Waals surface area (Å²) in [4.78, 5) is 30.5. The third kappa shape index (κ3) is 2.87. The lowest BCUT2D eigenvalue weighted by Crippen LogP contribution is -2.49. The second kappa shape index (κ2) is 5.88. The summed E-state index contributed by atoms with van der Waals surface area (Å²) in [5.74, 6) is -0.0690. The Hall–Kier alpha value is -2.21. The van der Waals surface area contributed by atoms with Gasteiger partial charge in [-0.1, -0.05) is 12.1 Å². The van der Waals surface area contributed by atoms with Gasteiger partial charge in [0.05, 0.1) is 29.4 Å². The first-order valence-corrected chi connectivity index (χ1v) is 7.42. The Kier molecular flexibility index (Phi) is 3.94. The third-order valence-corrected chi connectivity index (χ3v) is 3.82. The first-order chi connectivity index (χ1) is 10.5. The van der Waals surface area contributed by atoms with Crippen molar-refractivity contribution < 1.29 is 9.53 Å². The number of ether oxygens (including phenoxy) is 1. The first kappa shape index (κ1) is 14.7. The Morgan fingerprint density at radius 1 is 1.27 bits per heavy atom. The van der Waals surface area contributed by atoms with E-state index in [1.54, 1.807) is 4.90 Å². The first-order valence-electron chi connectivity index (χ1n) is 7.42. The largest absolute Gasteiger partial charge is 0.372 e. The van der Waals surface area contributed by atoms with Gasteiger partial charge in [-0.05, 0) is 26.0 Å². The molecular formula is C16H19N3O3. The number of hydrogen-bond acceptors (Lipinski definition) is 4. The molecule has 1 aromatic heterocycles. The molecule has 0 N–H and O–H groups in total. The molecule has 0 bridgehead atoms. The van der Waals surface area contributed by atoms with Crippen molar-refractivity contribution in [2.24, 2.45) is 0 Å². The number of para-hydroxylation sites is 2. The number of morpholine rings is 1. The Morgan fingerprint density at radius 3 is 2.68 bits per heavy atom. The number of aromatic nitrogens is 2. The third-order valence-electron chi connectivity index (χ3n) is 3.82. The topological polar surface area (TPSA) is 64.4 Å². The van der Waals surface area contributed by atoms with Gasteiger partial charge in [-0.15, -0.1) is 0 Å². The van der Waals surface area contributed by atoms with Gasteiger partial charge < -0.3 is 9.64 Å². The van der Waals surface area contributed by atoms with E-state index in [2.05, 4.69) is 4.98 Å². The number of benzene rings is 1. The molecule has 6 nitrogen and oxygen atoms in total. The lowest BCUT2D eigenvalue weighted by Gasteiger charge is -2.35. The summed E-state index contributed by atoms with van der Waals surface area (Å²) < 4.78 is 7.12. The van der Waals surface area contributed by atoms with Crippen LogP contribution in [0.4, 0.5) is 0 Å². The summed E-state index contributed by atoms with van der Waals surface area (Å²) in [5, 5.41) is 0. The van der Waals surface area contributed by atoms with Crippen molar-refractivity contribution >= 4 is 16.9 Å².